The number of hydrogen-bond acceptors (Lipinski definition) is 3. The number of urea groups is 1. The summed E-state index contributed by atoms with van der Waals surface area (Å²) in [4.78, 5) is 39.1. The second kappa shape index (κ2) is 7.35. The van der Waals surface area contributed by atoms with Gasteiger partial charge in [-0.3, -0.25) is 14.5 Å². The van der Waals surface area contributed by atoms with Crippen LogP contribution in [0, 0.1) is 0 Å². The highest BCUT2D eigenvalue weighted by atomic mass is 16.2. The lowest BCUT2D eigenvalue weighted by molar-refractivity contribution is -0.134. The molecule has 6 nitrogen and oxygen atoms in total. The molecule has 1 saturated heterocycles. The molecule has 1 aliphatic heterocycles. The molecule has 0 radical (unpaired) electrons. The van der Waals surface area contributed by atoms with Crippen molar-refractivity contribution in [3.05, 3.63) is 65.2 Å². The third-order valence-electron chi connectivity index (χ3n) is 6.10. The topological polar surface area (TPSA) is 78.5 Å². The van der Waals surface area contributed by atoms with Crippen LogP contribution in [0.5, 0.6) is 0 Å². The van der Waals surface area contributed by atoms with E-state index in [2.05, 4.69) is 24.5 Å². The van der Waals surface area contributed by atoms with E-state index in [1.54, 1.807) is 0 Å². The zero-order valence-electron chi connectivity index (χ0n) is 16.7. The van der Waals surface area contributed by atoms with E-state index in [1.165, 1.54) is 5.56 Å². The number of rotatable bonds is 5. The van der Waals surface area contributed by atoms with Crippen LogP contribution < -0.4 is 10.6 Å². The van der Waals surface area contributed by atoms with Crippen LogP contribution in [0.25, 0.3) is 0 Å². The predicted octanol–water partition coefficient (Wildman–Crippen LogP) is 3.53. The normalized spacial score (nSPS) is 21.2. The molecule has 1 heterocycles. The van der Waals surface area contributed by atoms with Crippen molar-refractivity contribution >= 4 is 23.5 Å². The smallest absolute Gasteiger partial charge is 0.325 e. The van der Waals surface area contributed by atoms with E-state index < -0.39 is 17.5 Å². The number of fused-ring (bicyclic) bond motifs is 2. The number of nitrogens with zero attached hydrogens (tertiary/aromatic N) is 1. The van der Waals surface area contributed by atoms with Gasteiger partial charge in [-0.2, -0.15) is 0 Å². The molecule has 150 valence electrons. The number of aryl methyl sites for hydroxylation is 1. The largest absolute Gasteiger partial charge is 0.325 e. The van der Waals surface area contributed by atoms with Gasteiger partial charge in [0.25, 0.3) is 5.91 Å². The third-order valence-corrected chi connectivity index (χ3v) is 6.10. The van der Waals surface area contributed by atoms with Gasteiger partial charge in [-0.05, 0) is 54.0 Å². The van der Waals surface area contributed by atoms with Gasteiger partial charge in [0.2, 0.25) is 5.91 Å². The van der Waals surface area contributed by atoms with Gasteiger partial charge < -0.3 is 10.6 Å². The van der Waals surface area contributed by atoms with Crippen LogP contribution in [0.1, 0.15) is 49.3 Å². The molecule has 0 unspecified atom stereocenters. The molecule has 6 heteroatoms. The summed E-state index contributed by atoms with van der Waals surface area (Å²) in [5.74, 6) is -0.293. The minimum atomic E-state index is -1.04. The van der Waals surface area contributed by atoms with E-state index in [1.807, 2.05) is 48.5 Å². The van der Waals surface area contributed by atoms with E-state index in [-0.39, 0.29) is 12.5 Å². The van der Waals surface area contributed by atoms with E-state index in [0.717, 1.165) is 28.9 Å². The second-order valence-electron chi connectivity index (χ2n) is 7.86. The summed E-state index contributed by atoms with van der Waals surface area (Å²) < 4.78 is 0. The lowest BCUT2D eigenvalue weighted by Crippen LogP contribution is -2.42. The molecule has 2 atom stereocenters. The van der Waals surface area contributed by atoms with E-state index >= 15 is 0 Å². The van der Waals surface area contributed by atoms with Crippen molar-refractivity contribution in [3.8, 4) is 0 Å². The summed E-state index contributed by atoms with van der Waals surface area (Å²) in [5.41, 5.74) is 2.72. The van der Waals surface area contributed by atoms with Gasteiger partial charge in [-0.25, -0.2) is 4.79 Å². The van der Waals surface area contributed by atoms with Gasteiger partial charge in [0.1, 0.15) is 12.1 Å². The van der Waals surface area contributed by atoms with Gasteiger partial charge in [-0.15, -0.1) is 0 Å². The summed E-state index contributed by atoms with van der Waals surface area (Å²) in [7, 11) is 0. The molecular weight excluding hydrogens is 366 g/mol. The molecule has 0 saturated carbocycles. The average molecular weight is 391 g/mol. The number of hydrogen-bond donors (Lipinski definition) is 2. The molecule has 1 fully saturated rings. The zero-order chi connectivity index (χ0) is 20.6. The molecule has 2 N–H and O–H groups in total. The molecular formula is C23H25N3O3. The molecule has 0 aromatic heterocycles. The van der Waals surface area contributed by atoms with Gasteiger partial charge in [-0.1, -0.05) is 50.2 Å². The maximum atomic E-state index is 13.1. The monoisotopic (exact) mass is 391 g/mol. The minimum absolute atomic E-state index is 0.304. The highest BCUT2D eigenvalue weighted by Gasteiger charge is 2.55. The van der Waals surface area contributed by atoms with E-state index in [0.29, 0.717) is 18.0 Å². The van der Waals surface area contributed by atoms with Crippen LogP contribution in [0.15, 0.2) is 48.5 Å². The Morgan fingerprint density at radius 3 is 2.62 bits per heavy atom. The number of nitrogens with one attached hydrogen (secondary N) is 2. The Morgan fingerprint density at radius 1 is 1.17 bits per heavy atom. The van der Waals surface area contributed by atoms with Gasteiger partial charge >= 0.3 is 6.03 Å². The Bertz CT molecular complexity index is 970. The fourth-order valence-corrected chi connectivity index (χ4v) is 4.21. The fraction of sp³-hybridized carbons (Fsp3) is 0.348. The van der Waals surface area contributed by atoms with Crippen molar-refractivity contribution in [2.24, 2.45) is 0 Å². The van der Waals surface area contributed by atoms with Crippen LogP contribution >= 0.6 is 0 Å². The number of benzene rings is 2. The third kappa shape index (κ3) is 3.28. The number of anilines is 1. The summed E-state index contributed by atoms with van der Waals surface area (Å²) >= 11 is 0. The first kappa shape index (κ1) is 19.2. The van der Waals surface area contributed by atoms with Gasteiger partial charge in [0, 0.05) is 5.69 Å². The Morgan fingerprint density at radius 2 is 1.90 bits per heavy atom. The summed E-state index contributed by atoms with van der Waals surface area (Å²) in [6, 6.07) is 14.8. The van der Waals surface area contributed by atoms with Crippen molar-refractivity contribution in [2.45, 2.75) is 44.6 Å². The van der Waals surface area contributed by atoms with Crippen molar-refractivity contribution in [2.75, 3.05) is 11.9 Å². The molecule has 0 bridgehead atoms. The first-order chi connectivity index (χ1) is 13.9. The highest BCUT2D eigenvalue weighted by molar-refractivity contribution is 6.10. The quantitative estimate of drug-likeness (QED) is 0.766. The fourth-order valence-electron chi connectivity index (χ4n) is 4.21. The Hall–Kier alpha value is -3.15. The zero-order valence-corrected chi connectivity index (χ0v) is 16.7. The molecule has 2 aliphatic rings. The lowest BCUT2D eigenvalue weighted by atomic mass is 9.92. The van der Waals surface area contributed by atoms with Crippen LogP contribution in [-0.2, 0) is 21.5 Å². The first-order valence-electron chi connectivity index (χ1n) is 10.1. The SMILES string of the molecule is CC[C@H](C)c1ccc(NC(=O)CN2C(=O)N[C@]3(CCc4ccccc43)C2=O)cc1. The molecule has 4 amide bonds. The Kier molecular flexibility index (Phi) is 4.86. The van der Waals surface area contributed by atoms with Crippen molar-refractivity contribution in [1.29, 1.82) is 0 Å². The van der Waals surface area contributed by atoms with E-state index in [9.17, 15) is 14.4 Å². The Labute approximate surface area is 170 Å². The van der Waals surface area contributed by atoms with Crippen LogP contribution in [0.4, 0.5) is 10.5 Å². The summed E-state index contributed by atoms with van der Waals surface area (Å²) in [6.45, 7) is 3.98. The number of amides is 4. The minimum Gasteiger partial charge on any atom is -0.325 e. The van der Waals surface area contributed by atoms with Gasteiger partial charge in [0.05, 0.1) is 0 Å². The number of carbonyl (C=O) groups is 3. The van der Waals surface area contributed by atoms with Crippen molar-refractivity contribution in [3.63, 3.8) is 0 Å². The van der Waals surface area contributed by atoms with Crippen molar-refractivity contribution < 1.29 is 14.4 Å². The Balaban J connectivity index is 1.45. The van der Waals surface area contributed by atoms with Gasteiger partial charge in [0.15, 0.2) is 0 Å². The number of carbonyl (C=O) groups excluding carboxylic acids is 3. The van der Waals surface area contributed by atoms with Crippen LogP contribution in [-0.4, -0.2) is 29.3 Å². The van der Waals surface area contributed by atoms with Crippen LogP contribution in [0.3, 0.4) is 0 Å². The maximum absolute atomic E-state index is 13.1. The number of imide groups is 1. The first-order valence-corrected chi connectivity index (χ1v) is 10.1. The molecule has 1 aliphatic carbocycles. The standard InChI is InChI=1S/C23H25N3O3/c1-3-15(2)16-8-10-18(11-9-16)24-20(27)14-26-21(28)23(25-22(26)29)13-12-17-6-4-5-7-19(17)23/h4-11,15H,3,12-14H2,1-2H3,(H,24,27)(H,25,29)/t15-,23-/m0/s1. The summed E-state index contributed by atoms with van der Waals surface area (Å²) in [5, 5.41) is 5.62. The van der Waals surface area contributed by atoms with Crippen LogP contribution in [0.2, 0.25) is 0 Å². The average Bonchev–Trinajstić information content (AvgIpc) is 3.21. The predicted molar refractivity (Wildman–Crippen MR) is 110 cm³/mol. The molecule has 4 rings (SSSR count). The second-order valence-corrected chi connectivity index (χ2v) is 7.86. The highest BCUT2D eigenvalue weighted by Crippen LogP contribution is 2.41. The lowest BCUT2D eigenvalue weighted by Gasteiger charge is -2.22. The molecule has 1 spiro atoms. The van der Waals surface area contributed by atoms with E-state index in [4.69, 9.17) is 0 Å². The molecule has 2 aromatic rings. The van der Waals surface area contributed by atoms with Crippen molar-refractivity contribution in [1.82, 2.24) is 10.2 Å². The summed E-state index contributed by atoms with van der Waals surface area (Å²) in [6.07, 6.45) is 2.29. The molecule has 2 aromatic carbocycles. The molecule has 29 heavy (non-hydrogen) atoms. The maximum Gasteiger partial charge on any atom is 0.325 e.